The lowest BCUT2D eigenvalue weighted by Gasteiger charge is -2.19. The fourth-order valence-corrected chi connectivity index (χ4v) is 2.08. The second kappa shape index (κ2) is 7.73. The van der Waals surface area contributed by atoms with Gasteiger partial charge in [0.1, 0.15) is 12.2 Å². The Kier molecular flexibility index (Phi) is 5.68. The zero-order chi connectivity index (χ0) is 17.6. The minimum atomic E-state index is -0.531. The number of amides is 1. The molecule has 5 heteroatoms. The molecule has 0 unspecified atom stereocenters. The minimum absolute atomic E-state index is 0.0635. The predicted octanol–water partition coefficient (Wildman–Crippen LogP) is 3.96. The highest BCUT2D eigenvalue weighted by Gasteiger charge is 2.15. The van der Waals surface area contributed by atoms with E-state index >= 15 is 0 Å². The van der Waals surface area contributed by atoms with E-state index in [1.165, 1.54) is 0 Å². The zero-order valence-corrected chi connectivity index (χ0v) is 14.2. The standard InChI is InChI=1S/C19H23NO4/c1-19(2,3)24-18(22)20-11-12-23-17-10-9-15(13-16(17)21)14-7-5-4-6-8-14/h4-10,13,21H,11-12H2,1-3H3,(H,20,22). The molecule has 24 heavy (non-hydrogen) atoms. The molecule has 0 aromatic heterocycles. The van der Waals surface area contributed by atoms with Crippen LogP contribution in [0.4, 0.5) is 4.79 Å². The first kappa shape index (κ1) is 17.7. The van der Waals surface area contributed by atoms with Crippen molar-refractivity contribution >= 4 is 6.09 Å². The number of nitrogens with one attached hydrogen (secondary N) is 1. The topological polar surface area (TPSA) is 67.8 Å². The highest BCUT2D eigenvalue weighted by Crippen LogP contribution is 2.31. The number of rotatable bonds is 5. The highest BCUT2D eigenvalue weighted by molar-refractivity contribution is 5.68. The molecule has 0 saturated heterocycles. The van der Waals surface area contributed by atoms with Crippen LogP contribution >= 0.6 is 0 Å². The molecule has 1 amide bonds. The molecular formula is C19H23NO4. The van der Waals surface area contributed by atoms with Gasteiger partial charge in [0.2, 0.25) is 0 Å². The van der Waals surface area contributed by atoms with Crippen LogP contribution in [-0.4, -0.2) is 30.0 Å². The van der Waals surface area contributed by atoms with Crippen molar-refractivity contribution in [3.8, 4) is 22.6 Å². The van der Waals surface area contributed by atoms with Crippen LogP contribution in [0.1, 0.15) is 20.8 Å². The van der Waals surface area contributed by atoms with Gasteiger partial charge in [-0.3, -0.25) is 0 Å². The van der Waals surface area contributed by atoms with Gasteiger partial charge < -0.3 is 19.9 Å². The van der Waals surface area contributed by atoms with E-state index in [2.05, 4.69) is 5.32 Å². The third kappa shape index (κ3) is 5.50. The third-order valence-corrected chi connectivity index (χ3v) is 3.09. The van der Waals surface area contributed by atoms with Crippen LogP contribution in [0, 0.1) is 0 Å². The number of aromatic hydroxyl groups is 1. The van der Waals surface area contributed by atoms with Gasteiger partial charge in [-0.15, -0.1) is 0 Å². The van der Waals surface area contributed by atoms with E-state index in [0.717, 1.165) is 11.1 Å². The van der Waals surface area contributed by atoms with Crippen LogP contribution in [0.25, 0.3) is 11.1 Å². The van der Waals surface area contributed by atoms with E-state index in [9.17, 15) is 9.90 Å². The molecule has 0 saturated carbocycles. The molecule has 0 spiro atoms. The zero-order valence-electron chi connectivity index (χ0n) is 14.2. The Hall–Kier alpha value is -2.69. The van der Waals surface area contributed by atoms with Crippen molar-refractivity contribution in [2.24, 2.45) is 0 Å². The molecule has 0 aliphatic carbocycles. The summed E-state index contributed by atoms with van der Waals surface area (Å²) in [5.74, 6) is 0.439. The third-order valence-electron chi connectivity index (χ3n) is 3.09. The minimum Gasteiger partial charge on any atom is -0.504 e. The van der Waals surface area contributed by atoms with Gasteiger partial charge in [0.15, 0.2) is 11.5 Å². The highest BCUT2D eigenvalue weighted by atomic mass is 16.6. The maximum absolute atomic E-state index is 11.5. The van der Waals surface area contributed by atoms with Crippen LogP contribution < -0.4 is 10.1 Å². The summed E-state index contributed by atoms with van der Waals surface area (Å²) in [6, 6.07) is 15.0. The second-order valence-corrected chi connectivity index (χ2v) is 6.33. The first-order chi connectivity index (χ1) is 11.3. The fourth-order valence-electron chi connectivity index (χ4n) is 2.08. The lowest BCUT2D eigenvalue weighted by molar-refractivity contribution is 0.0520. The Morgan fingerprint density at radius 2 is 1.79 bits per heavy atom. The molecule has 128 valence electrons. The number of hydrogen-bond acceptors (Lipinski definition) is 4. The number of ether oxygens (including phenoxy) is 2. The summed E-state index contributed by atoms with van der Waals surface area (Å²) in [4.78, 5) is 11.5. The lowest BCUT2D eigenvalue weighted by Crippen LogP contribution is -2.34. The number of alkyl carbamates (subject to hydrolysis) is 1. The molecule has 2 aromatic carbocycles. The summed E-state index contributed by atoms with van der Waals surface area (Å²) >= 11 is 0. The van der Waals surface area contributed by atoms with Gasteiger partial charge in [-0.05, 0) is 44.0 Å². The number of phenols is 1. The first-order valence-corrected chi connectivity index (χ1v) is 7.83. The van der Waals surface area contributed by atoms with Crippen molar-refractivity contribution in [2.45, 2.75) is 26.4 Å². The van der Waals surface area contributed by atoms with Crippen LogP contribution in [0.2, 0.25) is 0 Å². The summed E-state index contributed by atoms with van der Waals surface area (Å²) < 4.78 is 10.6. The van der Waals surface area contributed by atoms with Gasteiger partial charge >= 0.3 is 6.09 Å². The van der Waals surface area contributed by atoms with E-state index in [1.807, 2.05) is 36.4 Å². The van der Waals surface area contributed by atoms with Gasteiger partial charge in [0, 0.05) is 0 Å². The lowest BCUT2D eigenvalue weighted by atomic mass is 10.1. The molecule has 0 bridgehead atoms. The van der Waals surface area contributed by atoms with Crippen molar-refractivity contribution in [1.29, 1.82) is 0 Å². The summed E-state index contributed by atoms with van der Waals surface area (Å²) in [6.45, 7) is 5.92. The predicted molar refractivity (Wildman–Crippen MR) is 93.3 cm³/mol. The van der Waals surface area contributed by atoms with Crippen molar-refractivity contribution in [1.82, 2.24) is 5.32 Å². The molecule has 0 atom stereocenters. The Balaban J connectivity index is 1.85. The number of benzene rings is 2. The Morgan fingerprint density at radius 1 is 1.08 bits per heavy atom. The number of carbonyl (C=O) groups is 1. The number of phenolic OH excluding ortho intramolecular Hbond substituents is 1. The average molecular weight is 329 g/mol. The summed E-state index contributed by atoms with van der Waals surface area (Å²) in [6.07, 6.45) is -0.491. The normalized spacial score (nSPS) is 11.0. The van der Waals surface area contributed by atoms with E-state index in [0.29, 0.717) is 5.75 Å². The van der Waals surface area contributed by atoms with Crippen LogP contribution in [-0.2, 0) is 4.74 Å². The monoisotopic (exact) mass is 329 g/mol. The SMILES string of the molecule is CC(C)(C)OC(=O)NCCOc1ccc(-c2ccccc2)cc1O. The molecule has 5 nitrogen and oxygen atoms in total. The number of carbonyl (C=O) groups excluding carboxylic acids is 1. The van der Waals surface area contributed by atoms with E-state index < -0.39 is 11.7 Å². The molecule has 0 radical (unpaired) electrons. The largest absolute Gasteiger partial charge is 0.504 e. The molecule has 2 rings (SSSR count). The molecule has 0 heterocycles. The maximum Gasteiger partial charge on any atom is 0.407 e. The maximum atomic E-state index is 11.5. The van der Waals surface area contributed by atoms with Gasteiger partial charge in [-0.1, -0.05) is 36.4 Å². The van der Waals surface area contributed by atoms with Gasteiger partial charge in [-0.25, -0.2) is 4.79 Å². The van der Waals surface area contributed by atoms with Crippen molar-refractivity contribution in [3.63, 3.8) is 0 Å². The molecular weight excluding hydrogens is 306 g/mol. The Morgan fingerprint density at radius 3 is 2.42 bits per heavy atom. The number of hydrogen-bond donors (Lipinski definition) is 2. The van der Waals surface area contributed by atoms with Crippen molar-refractivity contribution in [2.75, 3.05) is 13.2 Å². The summed E-state index contributed by atoms with van der Waals surface area (Å²) in [5.41, 5.74) is 1.40. The molecule has 0 aliphatic rings. The molecule has 0 aliphatic heterocycles. The van der Waals surface area contributed by atoms with Gasteiger partial charge in [0.25, 0.3) is 0 Å². The first-order valence-electron chi connectivity index (χ1n) is 7.83. The Bertz CT molecular complexity index is 678. The van der Waals surface area contributed by atoms with E-state index in [-0.39, 0.29) is 18.9 Å². The van der Waals surface area contributed by atoms with Crippen molar-refractivity contribution < 1.29 is 19.4 Å². The van der Waals surface area contributed by atoms with E-state index in [1.54, 1.807) is 32.9 Å². The molecule has 0 fully saturated rings. The van der Waals surface area contributed by atoms with Crippen LogP contribution in [0.5, 0.6) is 11.5 Å². The smallest absolute Gasteiger partial charge is 0.407 e. The fraction of sp³-hybridized carbons (Fsp3) is 0.316. The Labute approximate surface area is 142 Å². The van der Waals surface area contributed by atoms with E-state index in [4.69, 9.17) is 9.47 Å². The summed E-state index contributed by atoms with van der Waals surface area (Å²) in [7, 11) is 0. The van der Waals surface area contributed by atoms with Crippen molar-refractivity contribution in [3.05, 3.63) is 48.5 Å². The molecule has 2 N–H and O–H groups in total. The van der Waals surface area contributed by atoms with Crippen LogP contribution in [0.3, 0.4) is 0 Å². The molecule has 2 aromatic rings. The van der Waals surface area contributed by atoms with Gasteiger partial charge in [0.05, 0.1) is 6.54 Å². The summed E-state index contributed by atoms with van der Waals surface area (Å²) in [5, 5.41) is 12.7. The van der Waals surface area contributed by atoms with Crippen LogP contribution in [0.15, 0.2) is 48.5 Å². The average Bonchev–Trinajstić information content (AvgIpc) is 2.52. The second-order valence-electron chi connectivity index (χ2n) is 6.33. The quantitative estimate of drug-likeness (QED) is 0.815. The van der Waals surface area contributed by atoms with Gasteiger partial charge in [-0.2, -0.15) is 0 Å².